The minimum Gasteiger partial charge on any atom is -0.307 e. The van der Waals surface area contributed by atoms with Gasteiger partial charge in [0.1, 0.15) is 0 Å². The lowest BCUT2D eigenvalue weighted by Gasteiger charge is -2.26. The summed E-state index contributed by atoms with van der Waals surface area (Å²) in [5.41, 5.74) is 4.09. The van der Waals surface area contributed by atoms with Crippen LogP contribution >= 0.6 is 31.9 Å². The Morgan fingerprint density at radius 2 is 1.59 bits per heavy atom. The number of rotatable bonds is 7. The van der Waals surface area contributed by atoms with E-state index in [4.69, 9.17) is 0 Å². The van der Waals surface area contributed by atoms with Gasteiger partial charge in [-0.25, -0.2) is 4.79 Å². The molecule has 1 heterocycles. The summed E-state index contributed by atoms with van der Waals surface area (Å²) in [6.07, 6.45) is 6.28. The third kappa shape index (κ3) is 7.10. The van der Waals surface area contributed by atoms with Crippen molar-refractivity contribution in [2.75, 3.05) is 15.5 Å². The molecule has 0 saturated heterocycles. The average Bonchev–Trinajstić information content (AvgIpc) is 3.45. The Morgan fingerprint density at radius 3 is 2.23 bits per heavy atom. The molecule has 200 valence electrons. The van der Waals surface area contributed by atoms with Crippen LogP contribution in [-0.4, -0.2) is 32.6 Å². The monoisotopic (exact) mass is 651 g/mol. The molecule has 0 bridgehead atoms. The van der Waals surface area contributed by atoms with Crippen molar-refractivity contribution in [2.45, 2.75) is 44.6 Å². The second kappa shape index (κ2) is 12.5. The van der Waals surface area contributed by atoms with Crippen molar-refractivity contribution in [1.82, 2.24) is 20.6 Å². The Balaban J connectivity index is 1.36. The molecule has 0 radical (unpaired) electrons. The molecule has 0 spiro atoms. The number of tetrazole rings is 1. The van der Waals surface area contributed by atoms with Crippen molar-refractivity contribution in [3.63, 3.8) is 0 Å². The van der Waals surface area contributed by atoms with Crippen LogP contribution in [0.1, 0.15) is 59.5 Å². The van der Waals surface area contributed by atoms with Crippen molar-refractivity contribution in [3.05, 3.63) is 92.4 Å². The summed E-state index contributed by atoms with van der Waals surface area (Å²) in [5, 5.41) is 18.8. The smallest absolute Gasteiger partial charge is 0.307 e. The van der Waals surface area contributed by atoms with Gasteiger partial charge in [0.2, 0.25) is 0 Å². The Bertz CT molecular complexity index is 1400. The van der Waals surface area contributed by atoms with Crippen molar-refractivity contribution >= 4 is 61.1 Å². The van der Waals surface area contributed by atoms with Crippen molar-refractivity contribution in [2.24, 2.45) is 0 Å². The molecule has 1 aliphatic rings. The van der Waals surface area contributed by atoms with Gasteiger partial charge >= 0.3 is 6.03 Å². The van der Waals surface area contributed by atoms with E-state index < -0.39 is 0 Å². The number of carbonyl (C=O) groups is 2. The SMILES string of the molecule is O=C(Nc1nn[nH]n1)c1ccc(CN(C(=O)Nc2cc(Br)cc(Br)c2)c2ccc(C3CCCCC3)cc2)cc1. The molecule has 4 aromatic rings. The maximum atomic E-state index is 13.6. The molecule has 1 saturated carbocycles. The van der Waals surface area contributed by atoms with Crippen LogP contribution in [0.15, 0.2) is 75.7 Å². The molecule has 3 N–H and O–H groups in total. The van der Waals surface area contributed by atoms with Gasteiger partial charge in [-0.05, 0) is 77.6 Å². The number of benzene rings is 3. The molecular formula is C28H27Br2N7O2. The van der Waals surface area contributed by atoms with Gasteiger partial charge in [0, 0.05) is 25.9 Å². The van der Waals surface area contributed by atoms with E-state index >= 15 is 0 Å². The molecule has 3 amide bonds. The van der Waals surface area contributed by atoms with E-state index in [-0.39, 0.29) is 17.9 Å². The summed E-state index contributed by atoms with van der Waals surface area (Å²) in [4.78, 5) is 27.8. The van der Waals surface area contributed by atoms with E-state index in [2.05, 4.69) is 75.3 Å². The van der Waals surface area contributed by atoms with Gasteiger partial charge in [0.05, 0.1) is 6.54 Å². The average molecular weight is 653 g/mol. The third-order valence-electron chi connectivity index (χ3n) is 6.77. The van der Waals surface area contributed by atoms with Gasteiger partial charge in [-0.15, -0.1) is 5.10 Å². The summed E-state index contributed by atoms with van der Waals surface area (Å²) in [5.74, 6) is 0.332. The van der Waals surface area contributed by atoms with E-state index in [9.17, 15) is 9.59 Å². The van der Waals surface area contributed by atoms with Crippen LogP contribution in [0.5, 0.6) is 0 Å². The zero-order valence-electron chi connectivity index (χ0n) is 21.0. The molecule has 0 aliphatic heterocycles. The molecule has 0 unspecified atom stereocenters. The van der Waals surface area contributed by atoms with E-state index in [0.717, 1.165) is 20.2 Å². The first kappa shape index (κ1) is 27.0. The van der Waals surface area contributed by atoms with Gasteiger partial charge in [-0.3, -0.25) is 15.0 Å². The summed E-state index contributed by atoms with van der Waals surface area (Å²) in [6.45, 7) is 0.316. The number of hydrogen-bond acceptors (Lipinski definition) is 5. The third-order valence-corrected chi connectivity index (χ3v) is 7.68. The highest BCUT2D eigenvalue weighted by Gasteiger charge is 2.20. The van der Waals surface area contributed by atoms with Crippen molar-refractivity contribution in [3.8, 4) is 0 Å². The highest BCUT2D eigenvalue weighted by Crippen LogP contribution is 2.34. The summed E-state index contributed by atoms with van der Waals surface area (Å²) >= 11 is 6.96. The lowest BCUT2D eigenvalue weighted by Crippen LogP contribution is -2.34. The number of halogens is 2. The predicted molar refractivity (Wildman–Crippen MR) is 158 cm³/mol. The Labute approximate surface area is 243 Å². The minimum absolute atomic E-state index is 0.0998. The normalized spacial score (nSPS) is 13.6. The van der Waals surface area contributed by atoms with Crippen LogP contribution in [0, 0.1) is 0 Å². The summed E-state index contributed by atoms with van der Waals surface area (Å²) in [7, 11) is 0. The number of carbonyl (C=O) groups excluding carboxylic acids is 2. The maximum Gasteiger partial charge on any atom is 0.326 e. The molecule has 5 rings (SSSR count). The zero-order valence-corrected chi connectivity index (χ0v) is 24.2. The first-order valence-corrected chi connectivity index (χ1v) is 14.3. The molecule has 11 heteroatoms. The van der Waals surface area contributed by atoms with Gasteiger partial charge in [-0.2, -0.15) is 5.21 Å². The number of aromatic nitrogens is 4. The van der Waals surface area contributed by atoms with Gasteiger partial charge < -0.3 is 5.32 Å². The Morgan fingerprint density at radius 1 is 0.897 bits per heavy atom. The van der Waals surface area contributed by atoms with Crippen LogP contribution in [0.3, 0.4) is 0 Å². The maximum absolute atomic E-state index is 13.6. The fourth-order valence-corrected chi connectivity index (χ4v) is 6.09. The number of H-pyrrole nitrogens is 1. The molecule has 1 fully saturated rings. The van der Waals surface area contributed by atoms with E-state index in [1.54, 1.807) is 17.0 Å². The quantitative estimate of drug-likeness (QED) is 0.194. The lowest BCUT2D eigenvalue weighted by molar-refractivity contribution is 0.102. The van der Waals surface area contributed by atoms with E-state index in [0.29, 0.717) is 23.7 Å². The number of nitrogens with one attached hydrogen (secondary N) is 3. The van der Waals surface area contributed by atoms with E-state index in [1.807, 2.05) is 42.5 Å². The lowest BCUT2D eigenvalue weighted by atomic mass is 9.84. The van der Waals surface area contributed by atoms with Gasteiger partial charge in [0.15, 0.2) is 0 Å². The van der Waals surface area contributed by atoms with Gasteiger partial charge in [-0.1, -0.05) is 80.5 Å². The standard InChI is InChI=1S/C28H27Br2N7O2/c29-22-14-23(30)16-24(15-22)31-28(39)37(25-12-10-20(11-13-25)19-4-2-1-3-5-19)17-18-6-8-21(9-7-18)26(38)32-27-33-35-36-34-27/h6-16,19H,1-5,17H2,(H,31,39)(H2,32,33,34,35,36,38). The van der Waals surface area contributed by atoms with Crippen LogP contribution in [0.4, 0.5) is 22.1 Å². The second-order valence-corrected chi connectivity index (χ2v) is 11.3. The zero-order chi connectivity index (χ0) is 27.2. The highest BCUT2D eigenvalue weighted by atomic mass is 79.9. The molecule has 39 heavy (non-hydrogen) atoms. The molecule has 1 aromatic heterocycles. The van der Waals surface area contributed by atoms with Crippen LogP contribution in [-0.2, 0) is 6.54 Å². The number of urea groups is 1. The number of hydrogen-bond donors (Lipinski definition) is 3. The van der Waals surface area contributed by atoms with Gasteiger partial charge in [0.25, 0.3) is 11.9 Å². The molecule has 0 atom stereocenters. The Hall–Kier alpha value is -3.57. The number of anilines is 3. The molecule has 9 nitrogen and oxygen atoms in total. The van der Waals surface area contributed by atoms with Crippen LogP contribution in [0.25, 0.3) is 0 Å². The van der Waals surface area contributed by atoms with Crippen molar-refractivity contribution in [1.29, 1.82) is 0 Å². The summed E-state index contributed by atoms with van der Waals surface area (Å²) in [6, 6.07) is 20.8. The minimum atomic E-state index is -0.351. The second-order valence-electron chi connectivity index (χ2n) is 9.49. The topological polar surface area (TPSA) is 116 Å². The van der Waals surface area contributed by atoms with Crippen molar-refractivity contribution < 1.29 is 9.59 Å². The number of nitrogens with zero attached hydrogens (tertiary/aromatic N) is 4. The first-order valence-electron chi connectivity index (χ1n) is 12.7. The molecular weight excluding hydrogens is 626 g/mol. The Kier molecular flexibility index (Phi) is 8.67. The first-order chi connectivity index (χ1) is 18.9. The fraction of sp³-hybridized carbons (Fsp3) is 0.250. The molecule has 3 aromatic carbocycles. The number of aromatic amines is 1. The highest BCUT2D eigenvalue weighted by molar-refractivity contribution is 9.11. The molecule has 1 aliphatic carbocycles. The predicted octanol–water partition coefficient (Wildman–Crippen LogP) is 7.26. The summed E-state index contributed by atoms with van der Waals surface area (Å²) < 4.78 is 1.70. The van der Waals surface area contributed by atoms with Crippen LogP contribution < -0.4 is 15.5 Å². The van der Waals surface area contributed by atoms with E-state index in [1.165, 1.54) is 37.7 Å². The largest absolute Gasteiger partial charge is 0.326 e. The van der Waals surface area contributed by atoms with Crippen LogP contribution in [0.2, 0.25) is 0 Å². The number of amides is 3. The fourth-order valence-electron chi connectivity index (χ4n) is 4.79.